The topological polar surface area (TPSA) is 62.5 Å². The second-order valence-corrected chi connectivity index (χ2v) is 6.03. The lowest BCUT2D eigenvalue weighted by Gasteiger charge is -2.07. The van der Waals surface area contributed by atoms with Gasteiger partial charge in [0.2, 0.25) is 0 Å². The van der Waals surface area contributed by atoms with Crippen molar-refractivity contribution in [2.45, 2.75) is 32.5 Å². The smallest absolute Gasteiger partial charge is 0.359 e. The lowest BCUT2D eigenvalue weighted by molar-refractivity contribution is -0.137. The Balaban J connectivity index is 0.00000392. The zero-order chi connectivity index (χ0) is 19.9. The van der Waals surface area contributed by atoms with Gasteiger partial charge in [0.15, 0.2) is 11.7 Å². The SMILES string of the molecule is CN=C(NCC#Cc1ccc(C(F)(F)F)cc1)NCc1cc(C(C)C)no1.I. The molecule has 0 bridgehead atoms. The molecule has 0 radical (unpaired) electrons. The van der Waals surface area contributed by atoms with Gasteiger partial charge in [-0.25, -0.2) is 0 Å². The fourth-order valence-electron chi connectivity index (χ4n) is 2.09. The molecule has 1 aromatic heterocycles. The van der Waals surface area contributed by atoms with Gasteiger partial charge in [0.1, 0.15) is 0 Å². The number of hydrogen-bond donors (Lipinski definition) is 2. The van der Waals surface area contributed by atoms with Crippen LogP contribution in [0.3, 0.4) is 0 Å². The molecular weight excluding hydrogens is 484 g/mol. The summed E-state index contributed by atoms with van der Waals surface area (Å²) >= 11 is 0. The third kappa shape index (κ3) is 7.42. The molecule has 0 atom stereocenters. The molecule has 0 saturated heterocycles. The predicted molar refractivity (Wildman–Crippen MR) is 113 cm³/mol. The Hall–Kier alpha value is -2.22. The first-order valence-corrected chi connectivity index (χ1v) is 8.35. The third-order valence-electron chi connectivity index (χ3n) is 3.61. The Morgan fingerprint density at radius 2 is 1.89 bits per heavy atom. The molecule has 2 aromatic rings. The predicted octanol–water partition coefficient (Wildman–Crippen LogP) is 4.15. The molecule has 0 unspecified atom stereocenters. The summed E-state index contributed by atoms with van der Waals surface area (Å²) in [5, 5.41) is 10.1. The first kappa shape index (κ1) is 23.8. The number of benzene rings is 1. The van der Waals surface area contributed by atoms with Crippen LogP contribution in [0.4, 0.5) is 13.2 Å². The van der Waals surface area contributed by atoms with E-state index in [1.807, 2.05) is 19.9 Å². The van der Waals surface area contributed by atoms with Crippen LogP contribution in [0.2, 0.25) is 0 Å². The second kappa shape index (κ2) is 10.9. The molecule has 152 valence electrons. The number of halogens is 4. The molecule has 28 heavy (non-hydrogen) atoms. The number of nitrogens with one attached hydrogen (secondary N) is 2. The molecule has 0 aliphatic carbocycles. The Morgan fingerprint density at radius 1 is 1.21 bits per heavy atom. The summed E-state index contributed by atoms with van der Waals surface area (Å²) in [5.74, 6) is 7.16. The van der Waals surface area contributed by atoms with Gasteiger partial charge in [0.05, 0.1) is 24.3 Å². The van der Waals surface area contributed by atoms with E-state index < -0.39 is 11.7 Å². The molecule has 0 aliphatic rings. The maximum atomic E-state index is 12.5. The second-order valence-electron chi connectivity index (χ2n) is 6.03. The van der Waals surface area contributed by atoms with Gasteiger partial charge in [-0.2, -0.15) is 13.2 Å². The highest BCUT2D eigenvalue weighted by atomic mass is 127. The quantitative estimate of drug-likeness (QED) is 0.283. The zero-order valence-electron chi connectivity index (χ0n) is 15.7. The van der Waals surface area contributed by atoms with Crippen LogP contribution >= 0.6 is 24.0 Å². The highest BCUT2D eigenvalue weighted by Gasteiger charge is 2.29. The number of guanidine groups is 1. The first-order chi connectivity index (χ1) is 12.8. The molecule has 2 N–H and O–H groups in total. The molecule has 9 heteroatoms. The van der Waals surface area contributed by atoms with Crippen LogP contribution in [0, 0.1) is 11.8 Å². The summed E-state index contributed by atoms with van der Waals surface area (Å²) in [6.45, 7) is 4.77. The van der Waals surface area contributed by atoms with Crippen molar-refractivity contribution in [2.24, 2.45) is 4.99 Å². The van der Waals surface area contributed by atoms with Crippen molar-refractivity contribution in [2.75, 3.05) is 13.6 Å². The van der Waals surface area contributed by atoms with E-state index in [4.69, 9.17) is 4.52 Å². The molecular formula is C19H22F3IN4O. The Kier molecular flexibility index (Phi) is 9.31. The number of nitrogens with zero attached hydrogens (tertiary/aromatic N) is 2. The summed E-state index contributed by atoms with van der Waals surface area (Å²) in [6.07, 6.45) is -4.34. The number of hydrogen-bond acceptors (Lipinski definition) is 3. The highest BCUT2D eigenvalue weighted by Crippen LogP contribution is 2.28. The molecule has 2 rings (SSSR count). The minimum absolute atomic E-state index is 0. The van der Waals surface area contributed by atoms with E-state index in [-0.39, 0.29) is 30.5 Å². The van der Waals surface area contributed by atoms with Gasteiger partial charge in [0, 0.05) is 18.7 Å². The lowest BCUT2D eigenvalue weighted by atomic mass is 10.1. The molecule has 0 fully saturated rings. The largest absolute Gasteiger partial charge is 0.416 e. The van der Waals surface area contributed by atoms with E-state index in [9.17, 15) is 13.2 Å². The number of aromatic nitrogens is 1. The lowest BCUT2D eigenvalue weighted by Crippen LogP contribution is -2.36. The molecule has 0 saturated carbocycles. The summed E-state index contributed by atoms with van der Waals surface area (Å²) in [6, 6.07) is 6.61. The van der Waals surface area contributed by atoms with Gasteiger partial charge < -0.3 is 15.2 Å². The number of alkyl halides is 3. The normalized spacial score (nSPS) is 11.5. The van der Waals surface area contributed by atoms with Gasteiger partial charge in [-0.15, -0.1) is 24.0 Å². The van der Waals surface area contributed by atoms with E-state index in [0.29, 0.717) is 29.7 Å². The van der Waals surface area contributed by atoms with E-state index in [2.05, 4.69) is 32.6 Å². The van der Waals surface area contributed by atoms with Crippen LogP contribution in [-0.4, -0.2) is 24.7 Å². The van der Waals surface area contributed by atoms with Gasteiger partial charge in [0.25, 0.3) is 0 Å². The van der Waals surface area contributed by atoms with E-state index in [1.54, 1.807) is 7.05 Å². The molecule has 0 aliphatic heterocycles. The average Bonchev–Trinajstić information content (AvgIpc) is 3.10. The fourth-order valence-corrected chi connectivity index (χ4v) is 2.09. The monoisotopic (exact) mass is 506 g/mol. The number of aliphatic imine (C=N–C) groups is 1. The zero-order valence-corrected chi connectivity index (χ0v) is 18.1. The van der Waals surface area contributed by atoms with Gasteiger partial charge in [-0.3, -0.25) is 4.99 Å². The first-order valence-electron chi connectivity index (χ1n) is 8.35. The molecule has 0 amide bonds. The van der Waals surface area contributed by atoms with Crippen LogP contribution in [0.25, 0.3) is 0 Å². The van der Waals surface area contributed by atoms with E-state index in [0.717, 1.165) is 17.8 Å². The van der Waals surface area contributed by atoms with Crippen LogP contribution in [0.1, 0.15) is 42.3 Å². The Morgan fingerprint density at radius 3 is 2.43 bits per heavy atom. The average molecular weight is 506 g/mol. The minimum atomic E-state index is -4.34. The highest BCUT2D eigenvalue weighted by molar-refractivity contribution is 14.0. The Bertz CT molecular complexity index is 833. The van der Waals surface area contributed by atoms with Crippen LogP contribution in [0.15, 0.2) is 39.8 Å². The van der Waals surface area contributed by atoms with E-state index in [1.165, 1.54) is 12.1 Å². The van der Waals surface area contributed by atoms with Gasteiger partial charge in [-0.05, 0) is 30.2 Å². The molecule has 1 heterocycles. The van der Waals surface area contributed by atoms with Crippen molar-refractivity contribution in [3.63, 3.8) is 0 Å². The van der Waals surface area contributed by atoms with Crippen molar-refractivity contribution < 1.29 is 17.7 Å². The van der Waals surface area contributed by atoms with E-state index >= 15 is 0 Å². The van der Waals surface area contributed by atoms with Crippen LogP contribution < -0.4 is 10.6 Å². The summed E-state index contributed by atoms with van der Waals surface area (Å²) in [5.41, 5.74) is 0.705. The van der Waals surface area contributed by atoms with Crippen molar-refractivity contribution in [3.8, 4) is 11.8 Å². The molecule has 1 aromatic carbocycles. The van der Waals surface area contributed by atoms with Crippen LogP contribution in [0.5, 0.6) is 0 Å². The maximum Gasteiger partial charge on any atom is 0.416 e. The van der Waals surface area contributed by atoms with Crippen LogP contribution in [-0.2, 0) is 12.7 Å². The maximum absolute atomic E-state index is 12.5. The summed E-state index contributed by atoms with van der Waals surface area (Å²) in [4.78, 5) is 4.07. The summed E-state index contributed by atoms with van der Waals surface area (Å²) in [7, 11) is 1.62. The standard InChI is InChI=1S/C19H21F3N4O.HI/c1-13(2)17-11-16(27-26-17)12-25-18(23-3)24-10-4-5-14-6-8-15(9-7-14)19(20,21)22;/h6-9,11,13H,10,12H2,1-3H3,(H2,23,24,25);1H. The fraction of sp³-hybridized carbons (Fsp3) is 0.368. The van der Waals surface area contributed by atoms with Gasteiger partial charge in [-0.1, -0.05) is 30.8 Å². The van der Waals surface area contributed by atoms with Crippen molar-refractivity contribution in [1.82, 2.24) is 15.8 Å². The Labute approximate surface area is 179 Å². The third-order valence-corrected chi connectivity index (χ3v) is 3.61. The van der Waals surface area contributed by atoms with Crippen molar-refractivity contribution in [1.29, 1.82) is 0 Å². The number of rotatable bonds is 4. The van der Waals surface area contributed by atoms with Gasteiger partial charge >= 0.3 is 6.18 Å². The molecule has 5 nitrogen and oxygen atoms in total. The van der Waals surface area contributed by atoms with Crippen molar-refractivity contribution >= 4 is 29.9 Å². The summed E-state index contributed by atoms with van der Waals surface area (Å²) < 4.78 is 42.8. The molecule has 0 spiro atoms. The van der Waals surface area contributed by atoms with Crippen molar-refractivity contribution in [3.05, 3.63) is 52.9 Å². The minimum Gasteiger partial charge on any atom is -0.359 e.